The summed E-state index contributed by atoms with van der Waals surface area (Å²) in [5.41, 5.74) is 1.89. The number of benzene rings is 1. The monoisotopic (exact) mass is 272 g/mol. The standard InChI is InChI=1S/C15H20N4O/c20-15-8-4-5-12(9-15)16-10-13-11-17-19(18-13)14-6-2-1-3-7-14/h1-3,6-7,11-12,15-16,20H,4-5,8-10H2. The van der Waals surface area contributed by atoms with Crippen LogP contribution in [0.3, 0.4) is 0 Å². The third-order valence-corrected chi connectivity index (χ3v) is 3.74. The van der Waals surface area contributed by atoms with Gasteiger partial charge in [0.1, 0.15) is 0 Å². The fourth-order valence-corrected chi connectivity index (χ4v) is 2.66. The lowest BCUT2D eigenvalue weighted by Crippen LogP contribution is -2.35. The molecule has 0 bridgehead atoms. The highest BCUT2D eigenvalue weighted by atomic mass is 16.3. The quantitative estimate of drug-likeness (QED) is 0.888. The molecule has 5 heteroatoms. The van der Waals surface area contributed by atoms with Gasteiger partial charge in [-0.3, -0.25) is 0 Å². The van der Waals surface area contributed by atoms with Crippen LogP contribution in [0.4, 0.5) is 0 Å². The summed E-state index contributed by atoms with van der Waals surface area (Å²) in [5.74, 6) is 0. The first-order valence-corrected chi connectivity index (χ1v) is 7.19. The van der Waals surface area contributed by atoms with Gasteiger partial charge in [0.2, 0.25) is 0 Å². The fourth-order valence-electron chi connectivity index (χ4n) is 2.66. The molecule has 20 heavy (non-hydrogen) atoms. The third-order valence-electron chi connectivity index (χ3n) is 3.74. The van der Waals surface area contributed by atoms with Crippen LogP contribution in [-0.4, -0.2) is 32.2 Å². The first kappa shape index (κ1) is 13.3. The minimum atomic E-state index is -0.152. The Balaban J connectivity index is 1.58. The van der Waals surface area contributed by atoms with E-state index in [2.05, 4.69) is 15.5 Å². The number of aromatic nitrogens is 3. The smallest absolute Gasteiger partial charge is 0.0969 e. The van der Waals surface area contributed by atoms with E-state index in [0.717, 1.165) is 37.1 Å². The maximum absolute atomic E-state index is 9.66. The summed E-state index contributed by atoms with van der Waals surface area (Å²) in [4.78, 5) is 1.65. The zero-order chi connectivity index (χ0) is 13.8. The van der Waals surface area contributed by atoms with Gasteiger partial charge in [-0.2, -0.15) is 15.0 Å². The van der Waals surface area contributed by atoms with Crippen molar-refractivity contribution < 1.29 is 5.11 Å². The normalized spacial score (nSPS) is 22.9. The van der Waals surface area contributed by atoms with Crippen LogP contribution in [-0.2, 0) is 6.54 Å². The molecule has 1 aromatic carbocycles. The van der Waals surface area contributed by atoms with Crippen LogP contribution in [0.25, 0.3) is 5.69 Å². The summed E-state index contributed by atoms with van der Waals surface area (Å²) in [6, 6.07) is 10.3. The summed E-state index contributed by atoms with van der Waals surface area (Å²) >= 11 is 0. The van der Waals surface area contributed by atoms with Crippen molar-refractivity contribution in [3.63, 3.8) is 0 Å². The van der Waals surface area contributed by atoms with Gasteiger partial charge in [-0.05, 0) is 37.8 Å². The molecule has 2 atom stereocenters. The highest BCUT2D eigenvalue weighted by Gasteiger charge is 2.19. The predicted octanol–water partition coefficient (Wildman–Crippen LogP) is 1.66. The number of nitrogens with zero attached hydrogens (tertiary/aromatic N) is 3. The number of rotatable bonds is 4. The number of nitrogens with one attached hydrogen (secondary N) is 1. The van der Waals surface area contributed by atoms with E-state index in [1.165, 1.54) is 0 Å². The molecule has 1 heterocycles. The van der Waals surface area contributed by atoms with Crippen molar-refractivity contribution in [3.8, 4) is 5.69 Å². The maximum Gasteiger partial charge on any atom is 0.0969 e. The molecule has 5 nitrogen and oxygen atoms in total. The van der Waals surface area contributed by atoms with E-state index in [0.29, 0.717) is 12.6 Å². The van der Waals surface area contributed by atoms with E-state index < -0.39 is 0 Å². The molecule has 0 aliphatic heterocycles. The number of para-hydroxylation sites is 1. The van der Waals surface area contributed by atoms with Crippen molar-refractivity contribution in [3.05, 3.63) is 42.2 Å². The van der Waals surface area contributed by atoms with Crippen LogP contribution in [0.1, 0.15) is 31.4 Å². The van der Waals surface area contributed by atoms with Crippen LogP contribution in [0, 0.1) is 0 Å². The van der Waals surface area contributed by atoms with Gasteiger partial charge in [-0.15, -0.1) is 0 Å². The van der Waals surface area contributed by atoms with Gasteiger partial charge < -0.3 is 10.4 Å². The summed E-state index contributed by atoms with van der Waals surface area (Å²) < 4.78 is 0. The lowest BCUT2D eigenvalue weighted by atomic mass is 9.93. The van der Waals surface area contributed by atoms with E-state index in [-0.39, 0.29) is 6.10 Å². The van der Waals surface area contributed by atoms with Crippen LogP contribution in [0.2, 0.25) is 0 Å². The molecule has 0 saturated heterocycles. The molecule has 1 aromatic heterocycles. The highest BCUT2D eigenvalue weighted by Crippen LogP contribution is 2.18. The third kappa shape index (κ3) is 3.23. The van der Waals surface area contributed by atoms with Crippen molar-refractivity contribution in [1.82, 2.24) is 20.3 Å². The first-order valence-electron chi connectivity index (χ1n) is 7.19. The van der Waals surface area contributed by atoms with Crippen molar-refractivity contribution in [2.45, 2.75) is 44.4 Å². The highest BCUT2D eigenvalue weighted by molar-refractivity contribution is 5.28. The molecule has 0 spiro atoms. The van der Waals surface area contributed by atoms with Crippen LogP contribution < -0.4 is 5.32 Å². The average molecular weight is 272 g/mol. The van der Waals surface area contributed by atoms with Gasteiger partial charge in [0.05, 0.1) is 23.7 Å². The number of aliphatic hydroxyl groups is 1. The van der Waals surface area contributed by atoms with Gasteiger partial charge in [0, 0.05) is 12.6 Å². The second kappa shape index (κ2) is 6.15. The minimum Gasteiger partial charge on any atom is -0.393 e. The molecule has 0 amide bonds. The molecular weight excluding hydrogens is 252 g/mol. The molecule has 0 radical (unpaired) electrons. The molecule has 2 unspecified atom stereocenters. The Labute approximate surface area is 118 Å². The van der Waals surface area contributed by atoms with E-state index in [1.807, 2.05) is 30.3 Å². The van der Waals surface area contributed by atoms with E-state index >= 15 is 0 Å². The topological polar surface area (TPSA) is 63.0 Å². The molecule has 1 aliphatic rings. The zero-order valence-electron chi connectivity index (χ0n) is 11.4. The van der Waals surface area contributed by atoms with Gasteiger partial charge in [-0.1, -0.05) is 18.2 Å². The van der Waals surface area contributed by atoms with Crippen LogP contribution >= 0.6 is 0 Å². The van der Waals surface area contributed by atoms with Crippen LogP contribution in [0.5, 0.6) is 0 Å². The van der Waals surface area contributed by atoms with E-state index in [9.17, 15) is 5.11 Å². The van der Waals surface area contributed by atoms with Crippen molar-refractivity contribution in [2.24, 2.45) is 0 Å². The minimum absolute atomic E-state index is 0.152. The number of hydrogen-bond donors (Lipinski definition) is 2. The predicted molar refractivity (Wildman–Crippen MR) is 76.5 cm³/mol. The lowest BCUT2D eigenvalue weighted by Gasteiger charge is -2.26. The van der Waals surface area contributed by atoms with Gasteiger partial charge in [0.25, 0.3) is 0 Å². The van der Waals surface area contributed by atoms with E-state index in [1.54, 1.807) is 11.0 Å². The first-order chi connectivity index (χ1) is 9.81. The number of aliphatic hydroxyl groups excluding tert-OH is 1. The molecular formula is C15H20N4O. The number of hydrogen-bond acceptors (Lipinski definition) is 4. The summed E-state index contributed by atoms with van der Waals surface area (Å²) in [6.07, 6.45) is 5.63. The second-order valence-corrected chi connectivity index (χ2v) is 5.36. The zero-order valence-corrected chi connectivity index (χ0v) is 11.4. The van der Waals surface area contributed by atoms with E-state index in [4.69, 9.17) is 0 Å². The Hall–Kier alpha value is -1.72. The molecule has 1 fully saturated rings. The Morgan fingerprint density at radius 1 is 1.25 bits per heavy atom. The molecule has 106 valence electrons. The fraction of sp³-hybridized carbons (Fsp3) is 0.467. The molecule has 1 aliphatic carbocycles. The van der Waals surface area contributed by atoms with Crippen molar-refractivity contribution >= 4 is 0 Å². The van der Waals surface area contributed by atoms with Gasteiger partial charge in [0.15, 0.2) is 0 Å². The molecule has 1 saturated carbocycles. The Bertz CT molecular complexity index is 540. The lowest BCUT2D eigenvalue weighted by molar-refractivity contribution is 0.111. The Morgan fingerprint density at radius 2 is 2.10 bits per heavy atom. The Kier molecular flexibility index (Phi) is 4.08. The molecule has 2 N–H and O–H groups in total. The van der Waals surface area contributed by atoms with Gasteiger partial charge in [-0.25, -0.2) is 0 Å². The second-order valence-electron chi connectivity index (χ2n) is 5.36. The summed E-state index contributed by atoms with van der Waals surface area (Å²) in [7, 11) is 0. The van der Waals surface area contributed by atoms with Crippen molar-refractivity contribution in [2.75, 3.05) is 0 Å². The summed E-state index contributed by atoms with van der Waals surface area (Å²) in [6.45, 7) is 0.699. The summed E-state index contributed by atoms with van der Waals surface area (Å²) in [5, 5.41) is 21.9. The van der Waals surface area contributed by atoms with Crippen LogP contribution in [0.15, 0.2) is 36.5 Å². The Morgan fingerprint density at radius 3 is 2.90 bits per heavy atom. The largest absolute Gasteiger partial charge is 0.393 e. The van der Waals surface area contributed by atoms with Gasteiger partial charge >= 0.3 is 0 Å². The average Bonchev–Trinajstić information content (AvgIpc) is 2.95. The SMILES string of the molecule is OC1CCCC(NCc2cnn(-c3ccccc3)n2)C1. The molecule has 2 aromatic rings. The molecule has 3 rings (SSSR count). The van der Waals surface area contributed by atoms with Crippen molar-refractivity contribution in [1.29, 1.82) is 0 Å². The maximum atomic E-state index is 9.66.